The monoisotopic (exact) mass is 620 g/mol. The van der Waals surface area contributed by atoms with Gasteiger partial charge in [-0.05, 0) is 39.2 Å². The maximum atomic E-state index is 13.7. The van der Waals surface area contributed by atoms with E-state index in [9.17, 15) is 9.46 Å². The molecule has 4 nitrogen and oxygen atoms in total. The second-order valence-electron chi connectivity index (χ2n) is 16.6. The van der Waals surface area contributed by atoms with Crippen molar-refractivity contribution in [2.75, 3.05) is 0 Å². The van der Waals surface area contributed by atoms with Crippen LogP contribution in [0.5, 0.6) is 11.5 Å². The van der Waals surface area contributed by atoms with Crippen LogP contribution in [0.3, 0.4) is 0 Å². The van der Waals surface area contributed by atoms with Gasteiger partial charge in [-0.3, -0.25) is 0 Å². The Hall–Kier alpha value is -0.770. The molecule has 1 aliphatic heterocycles. The molecular weight excluding hydrogens is 562 g/mol. The summed E-state index contributed by atoms with van der Waals surface area (Å²) in [5.74, 6) is 0.844. The summed E-state index contributed by atoms with van der Waals surface area (Å²) < 4.78 is 25.8. The third-order valence-corrected chi connectivity index (χ3v) is 9.40. The Balaban J connectivity index is 0.00000645. The zero-order valence-electron chi connectivity index (χ0n) is 29.9. The third kappa shape index (κ3) is 9.62. The number of benzene rings is 2. The Morgan fingerprint density at radius 2 is 1.00 bits per heavy atom. The number of hydrogen-bond donors (Lipinski definition) is 0. The smallest absolute Gasteiger partial charge is 0.736 e. The van der Waals surface area contributed by atoms with Gasteiger partial charge in [0, 0.05) is 28.2 Å². The van der Waals surface area contributed by atoms with E-state index in [0.29, 0.717) is 11.5 Å². The predicted octanol–water partition coefficient (Wildman–Crippen LogP) is 8.00. The van der Waals surface area contributed by atoms with Gasteiger partial charge in [-0.15, -0.1) is 0 Å². The summed E-state index contributed by atoms with van der Waals surface area (Å²) in [6.07, 6.45) is 8.07. The molecule has 0 spiro atoms. The first-order valence-corrected chi connectivity index (χ1v) is 17.6. The molecular formula is C37H58NaO4P. The van der Waals surface area contributed by atoms with E-state index < -0.39 is 7.82 Å². The Morgan fingerprint density at radius 1 is 0.628 bits per heavy atom. The van der Waals surface area contributed by atoms with Crippen LogP contribution in [0.25, 0.3) is 0 Å². The Bertz CT molecular complexity index is 1210. The van der Waals surface area contributed by atoms with Gasteiger partial charge >= 0.3 is 37.4 Å². The van der Waals surface area contributed by atoms with Crippen molar-refractivity contribution in [3.05, 3.63) is 57.6 Å². The van der Waals surface area contributed by atoms with Gasteiger partial charge in [0.05, 0.1) is 0 Å². The van der Waals surface area contributed by atoms with Crippen molar-refractivity contribution < 1.29 is 48.1 Å². The topological polar surface area (TPSA) is 58.6 Å². The Kier molecular flexibility index (Phi) is 12.4. The molecule has 43 heavy (non-hydrogen) atoms. The van der Waals surface area contributed by atoms with Gasteiger partial charge in [-0.1, -0.05) is 153 Å². The van der Waals surface area contributed by atoms with Crippen LogP contribution in [-0.2, 0) is 26.2 Å². The van der Waals surface area contributed by atoms with Gasteiger partial charge in [0.25, 0.3) is 0 Å². The zero-order chi connectivity index (χ0) is 31.9. The number of hydrogen-bond acceptors (Lipinski definition) is 4. The first-order valence-electron chi connectivity index (χ1n) is 16.1. The van der Waals surface area contributed by atoms with Crippen LogP contribution in [0.4, 0.5) is 0 Å². The van der Waals surface area contributed by atoms with Crippen LogP contribution < -0.4 is 43.5 Å². The molecule has 0 bridgehead atoms. The average Bonchev–Trinajstić information content (AvgIpc) is 2.80. The molecule has 0 saturated heterocycles. The summed E-state index contributed by atoms with van der Waals surface area (Å²) in [5.41, 5.74) is 5.22. The van der Waals surface area contributed by atoms with E-state index in [4.69, 9.17) is 9.05 Å². The molecule has 2 aromatic carbocycles. The fourth-order valence-electron chi connectivity index (χ4n) is 5.85. The molecule has 0 fully saturated rings. The number of fused-ring (bicyclic) bond motifs is 2. The summed E-state index contributed by atoms with van der Waals surface area (Å²) in [7, 11) is -4.75. The van der Waals surface area contributed by atoms with Gasteiger partial charge < -0.3 is 13.9 Å². The van der Waals surface area contributed by atoms with Crippen molar-refractivity contribution in [3.8, 4) is 11.5 Å². The summed E-state index contributed by atoms with van der Waals surface area (Å²) in [4.78, 5) is 13.7. The molecule has 0 aliphatic carbocycles. The molecule has 236 valence electrons. The predicted molar refractivity (Wildman–Crippen MR) is 176 cm³/mol. The third-order valence-electron chi connectivity index (χ3n) is 8.59. The Labute approximate surface area is 286 Å². The summed E-state index contributed by atoms with van der Waals surface area (Å²) in [5, 5.41) is 0. The number of phosphoric ester groups is 1. The first-order chi connectivity index (χ1) is 19.1. The van der Waals surface area contributed by atoms with Crippen LogP contribution >= 0.6 is 7.82 Å². The minimum Gasteiger partial charge on any atom is -0.736 e. The fraction of sp³-hybridized carbons (Fsp3) is 0.676. The molecule has 6 heteroatoms. The van der Waals surface area contributed by atoms with Gasteiger partial charge in [-0.2, -0.15) is 0 Å². The molecule has 0 N–H and O–H groups in total. The minimum absolute atomic E-state index is 0. The summed E-state index contributed by atoms with van der Waals surface area (Å²) in [6.45, 7) is 28.3. The zero-order valence-corrected chi connectivity index (χ0v) is 32.8. The van der Waals surface area contributed by atoms with Crippen LogP contribution in [0.15, 0.2) is 24.3 Å². The molecule has 3 rings (SSSR count). The van der Waals surface area contributed by atoms with Crippen molar-refractivity contribution in [3.63, 3.8) is 0 Å². The second kappa shape index (κ2) is 13.9. The molecule has 2 aromatic rings. The summed E-state index contributed by atoms with van der Waals surface area (Å²) >= 11 is 0. The van der Waals surface area contributed by atoms with E-state index in [1.54, 1.807) is 0 Å². The normalized spacial score (nSPS) is 19.3. The van der Waals surface area contributed by atoms with E-state index >= 15 is 0 Å². The molecule has 1 aliphatic rings. The van der Waals surface area contributed by atoms with Crippen molar-refractivity contribution in [2.24, 2.45) is 0 Å². The van der Waals surface area contributed by atoms with E-state index in [2.05, 4.69) is 114 Å². The summed E-state index contributed by atoms with van der Waals surface area (Å²) in [6, 6.07) is 8.74. The van der Waals surface area contributed by atoms with Crippen molar-refractivity contribution in [1.82, 2.24) is 0 Å². The molecule has 0 amide bonds. The first kappa shape index (κ1) is 38.4. The van der Waals surface area contributed by atoms with Crippen molar-refractivity contribution >= 4 is 7.82 Å². The largest absolute Gasteiger partial charge is 1.00 e. The van der Waals surface area contributed by atoms with Gasteiger partial charge in [-0.25, -0.2) is 4.57 Å². The fourth-order valence-corrected chi connectivity index (χ4v) is 6.75. The molecule has 0 aromatic heterocycles. The molecule has 0 radical (unpaired) electrons. The van der Waals surface area contributed by atoms with Crippen LogP contribution in [0.1, 0.15) is 174 Å². The number of unbranched alkanes of at least 4 members (excludes halogenated alkanes) is 5. The Morgan fingerprint density at radius 3 is 1.35 bits per heavy atom. The standard InChI is InChI=1S/C37H59O4P.Na/c1-14-15-16-17-18-19-20-27-28-21-25(34(2,3)4)23-30(36(8,9)10)32(28)40-42(38,39)41-33-29(27)22-26(35(5,6)7)24-31(33)37(11,12)13;/h21-24,27H,14-20H2,1-13H3,(H,38,39);/q;+1/p-1. The van der Waals surface area contributed by atoms with E-state index in [1.807, 2.05) is 0 Å². The SMILES string of the molecule is CCCCCCCCC1c2cc(C(C)(C)C)cc(C(C)(C)C)c2OP(=O)([O-])Oc2c1cc(C(C)(C)C)cc2C(C)(C)C.[Na+]. The van der Waals surface area contributed by atoms with Crippen molar-refractivity contribution in [1.29, 1.82) is 0 Å². The minimum atomic E-state index is -4.75. The van der Waals surface area contributed by atoms with Crippen LogP contribution in [0.2, 0.25) is 0 Å². The average molecular weight is 621 g/mol. The quantitative estimate of drug-likeness (QED) is 0.179. The molecule has 1 heterocycles. The number of rotatable bonds is 7. The van der Waals surface area contributed by atoms with E-state index in [0.717, 1.165) is 41.5 Å². The maximum Gasteiger partial charge on any atom is 1.00 e. The van der Waals surface area contributed by atoms with E-state index in [-0.39, 0.29) is 57.1 Å². The van der Waals surface area contributed by atoms with Gasteiger partial charge in [0.2, 0.25) is 0 Å². The number of phosphoric acid groups is 1. The van der Waals surface area contributed by atoms with Crippen molar-refractivity contribution in [2.45, 2.75) is 163 Å². The second-order valence-corrected chi connectivity index (χ2v) is 17.9. The molecule has 0 saturated carbocycles. The maximum absolute atomic E-state index is 13.7. The molecule has 0 unspecified atom stereocenters. The van der Waals surface area contributed by atoms with Crippen LogP contribution in [0, 0.1) is 0 Å². The molecule has 0 atom stereocenters. The van der Waals surface area contributed by atoms with Gasteiger partial charge in [0.1, 0.15) is 11.5 Å². The van der Waals surface area contributed by atoms with Crippen LogP contribution in [-0.4, -0.2) is 0 Å². The van der Waals surface area contributed by atoms with E-state index in [1.165, 1.54) is 36.8 Å². The van der Waals surface area contributed by atoms with Gasteiger partial charge in [0.15, 0.2) is 0 Å².